The van der Waals surface area contributed by atoms with Crippen molar-refractivity contribution in [2.24, 2.45) is 11.5 Å². The maximum absolute atomic E-state index is 12.0. The molecule has 31 heteroatoms. The van der Waals surface area contributed by atoms with Gasteiger partial charge in [-0.2, -0.15) is 26.3 Å². The molecule has 6 heterocycles. The zero-order chi connectivity index (χ0) is 56.8. The van der Waals surface area contributed by atoms with Crippen molar-refractivity contribution in [2.75, 3.05) is 59.3 Å². The van der Waals surface area contributed by atoms with Gasteiger partial charge in [0.15, 0.2) is 0 Å². The van der Waals surface area contributed by atoms with E-state index in [0.717, 1.165) is 58.0 Å². The van der Waals surface area contributed by atoms with Crippen LogP contribution in [0.4, 0.5) is 31.1 Å². The number of alkyl carbamates (subject to hydrolysis) is 1. The van der Waals surface area contributed by atoms with Crippen LogP contribution in [-0.4, -0.2) is 149 Å². The average molecular weight is 1300 g/mol. The van der Waals surface area contributed by atoms with Crippen molar-refractivity contribution in [1.29, 1.82) is 0 Å². The Kier molecular flexibility index (Phi) is 23.0. The first-order valence-electron chi connectivity index (χ1n) is 23.0. The molecule has 6 aliphatic heterocycles. The van der Waals surface area contributed by atoms with Gasteiger partial charge < -0.3 is 79.0 Å². The van der Waals surface area contributed by atoms with E-state index >= 15 is 0 Å². The Morgan fingerprint density at radius 2 is 0.922 bits per heavy atom. The molecule has 3 aromatic carbocycles. The zero-order valence-corrected chi connectivity index (χ0v) is 46.4. The van der Waals surface area contributed by atoms with Gasteiger partial charge in [-0.3, -0.25) is 9.59 Å². The van der Waals surface area contributed by atoms with Crippen molar-refractivity contribution >= 4 is 104 Å². The Labute approximate surface area is 466 Å². The number of halogens is 9. The minimum atomic E-state index is -4.64. The van der Waals surface area contributed by atoms with E-state index in [0.29, 0.717) is 18.8 Å². The molecular weight excluding hydrogens is 1240 g/mol. The van der Waals surface area contributed by atoms with Crippen molar-refractivity contribution in [3.8, 4) is 17.2 Å². The van der Waals surface area contributed by atoms with Gasteiger partial charge in [-0.25, -0.2) is 4.79 Å². The number of hydrogen-bond acceptors (Lipinski definition) is 18. The molecule has 0 saturated heterocycles. The number of aliphatic hydroxyl groups is 3. The third kappa shape index (κ3) is 17.0. The van der Waals surface area contributed by atoms with Crippen LogP contribution in [0.1, 0.15) is 84.0 Å². The Hall–Kier alpha value is -3.56. The number of nitrogens with two attached hydrogens (primary N) is 2. The summed E-state index contributed by atoms with van der Waals surface area (Å²) >= 11 is 10.6. The van der Waals surface area contributed by atoms with Crippen LogP contribution >= 0.6 is 47.8 Å². The highest BCUT2D eigenvalue weighted by atomic mass is 79.9. The number of alkyl halides is 6. The lowest BCUT2D eigenvalue weighted by molar-refractivity contribution is -0.156. The van der Waals surface area contributed by atoms with Crippen LogP contribution in [0.25, 0.3) is 0 Å². The van der Waals surface area contributed by atoms with E-state index in [1.165, 1.54) is 0 Å². The summed E-state index contributed by atoms with van der Waals surface area (Å²) in [6.45, 7) is 12.1. The molecule has 6 aliphatic rings. The van der Waals surface area contributed by atoms with Crippen LogP contribution < -0.4 is 47.4 Å². The number of nitrogens with one attached hydrogen (secondary N) is 1. The second-order valence-corrected chi connectivity index (χ2v) is 21.8. The molecule has 0 saturated carbocycles. The van der Waals surface area contributed by atoms with Gasteiger partial charge in [0.05, 0.1) is 38.1 Å². The average Bonchev–Trinajstić information content (AvgIpc) is 3.94. The maximum atomic E-state index is 12.0. The van der Waals surface area contributed by atoms with E-state index in [9.17, 15) is 46.5 Å². The van der Waals surface area contributed by atoms with Crippen molar-refractivity contribution in [3.05, 3.63) is 66.5 Å². The normalized spacial score (nSPS) is 24.3. The number of ether oxygens (including phenoxy) is 4. The number of hydrogen-bond donors (Lipinski definition) is 6. The first-order valence-corrected chi connectivity index (χ1v) is 25.4. The maximum Gasteiger partial charge on any atom is 0.499 e. The number of carbonyl (C=O) groups excluding carboxylic acids is 3. The summed E-state index contributed by atoms with van der Waals surface area (Å²) in [5.74, 6) is 2.12. The lowest BCUT2D eigenvalue weighted by Gasteiger charge is -2.27. The smallest absolute Gasteiger partial charge is 0.491 e. The van der Waals surface area contributed by atoms with Gasteiger partial charge in [0.25, 0.3) is 0 Å². The van der Waals surface area contributed by atoms with Gasteiger partial charge in [0, 0.05) is 49.4 Å². The molecule has 0 radical (unpaired) electrons. The fraction of sp³-hybridized carbons (Fsp3) is 0.543. The van der Waals surface area contributed by atoms with Crippen molar-refractivity contribution in [3.63, 3.8) is 0 Å². The standard InChI is InChI=1S/C17H23BBrNO6.2C12H15BBrNO4.2C2HF3O.CH4/c1-16(2,3)24-15(22)20-7-12-13-10(19)5-6-11-14(13)18(25-12)26-17(4,8-21)9-23-11;2*1-12(5-16)6-17-8-3-2-7(14)10-9(4-15)18-13(19-12)11(8)10;2*3-2(4,5)1-6;/h5-6,12,21H,7-9H2,1-4H3,(H,20,22);2*2-3,9,16H,4-6,15H2,1H3;2*1H;1H4/t;9-,12+;9-,12-;;;/m.11.../s1. The molecule has 0 fully saturated rings. The molecule has 77 heavy (non-hydrogen) atoms. The summed E-state index contributed by atoms with van der Waals surface area (Å²) in [5, 5.41) is 31.3. The second-order valence-electron chi connectivity index (χ2n) is 19.2. The molecule has 0 bridgehead atoms. The Bertz CT molecular complexity index is 2440. The van der Waals surface area contributed by atoms with Crippen molar-refractivity contribution < 1.29 is 103 Å². The number of rotatable bonds is 7. The molecule has 3 aromatic rings. The largest absolute Gasteiger partial charge is 0.499 e. The second kappa shape index (κ2) is 26.8. The first kappa shape index (κ1) is 66.0. The number of aliphatic hydroxyl groups excluding tert-OH is 3. The molecule has 6 atom stereocenters. The number of aldehydes is 2. The molecular formula is C46H59B3Br3F6N3O16. The SMILES string of the molecule is C.CC(C)(C)OC(=O)NCC1OB2OC(C)(CO)COc3ccc(Br)c1c32.C[C@@]1(CO)COc2ccc(Br)c3c2B(O[C@@H]3CN)O1.C[C@]1(CO)COc2ccc(Br)c3c2B(O[C@@H]3CN)O1.O=CC(F)(F)F.O=CC(F)(F)F. The first-order chi connectivity index (χ1) is 35.4. The van der Waals surface area contributed by atoms with E-state index in [4.69, 9.17) is 67.9 Å². The van der Waals surface area contributed by atoms with Crippen molar-refractivity contribution in [1.82, 2.24) is 5.32 Å². The van der Waals surface area contributed by atoms with E-state index in [1.807, 2.05) is 36.4 Å². The lowest BCUT2D eigenvalue weighted by atomic mass is 9.77. The van der Waals surface area contributed by atoms with Crippen LogP contribution in [0.15, 0.2) is 49.8 Å². The molecule has 0 spiro atoms. The lowest BCUT2D eigenvalue weighted by Crippen LogP contribution is -2.45. The van der Waals surface area contributed by atoms with E-state index in [1.54, 1.807) is 41.5 Å². The Morgan fingerprint density at radius 3 is 1.18 bits per heavy atom. The van der Waals surface area contributed by atoms with E-state index < -0.39 is 80.9 Å². The highest BCUT2D eigenvalue weighted by Crippen LogP contribution is 2.40. The summed E-state index contributed by atoms with van der Waals surface area (Å²) in [5.41, 5.74) is 13.9. The monoisotopic (exact) mass is 1290 g/mol. The van der Waals surface area contributed by atoms with Crippen LogP contribution in [0.3, 0.4) is 0 Å². The minimum Gasteiger partial charge on any atom is -0.491 e. The summed E-state index contributed by atoms with van der Waals surface area (Å²) in [6.07, 6.45) is -12.8. The van der Waals surface area contributed by atoms with Gasteiger partial charge >= 0.3 is 39.8 Å². The van der Waals surface area contributed by atoms with Crippen LogP contribution in [-0.2, 0) is 42.3 Å². The van der Waals surface area contributed by atoms with Crippen molar-refractivity contribution in [2.45, 2.75) is 102 Å². The van der Waals surface area contributed by atoms with Gasteiger partial charge in [-0.15, -0.1) is 0 Å². The van der Waals surface area contributed by atoms with Gasteiger partial charge in [-0.05, 0) is 94.6 Å². The Morgan fingerprint density at radius 1 is 0.636 bits per heavy atom. The molecule has 8 N–H and O–H groups in total. The predicted octanol–water partition coefficient (Wildman–Crippen LogP) is 4.70. The molecule has 0 aliphatic carbocycles. The van der Waals surface area contributed by atoms with Gasteiger partial charge in [0.2, 0.25) is 12.6 Å². The van der Waals surface area contributed by atoms with E-state index in [2.05, 4.69) is 53.1 Å². The van der Waals surface area contributed by atoms with Crippen LogP contribution in [0.5, 0.6) is 17.2 Å². The van der Waals surface area contributed by atoms with E-state index in [-0.39, 0.29) is 65.8 Å². The summed E-state index contributed by atoms with van der Waals surface area (Å²) < 4.78 is 123. The van der Waals surface area contributed by atoms with Crippen LogP contribution in [0, 0.1) is 0 Å². The fourth-order valence-electron chi connectivity index (χ4n) is 7.78. The number of amides is 1. The third-order valence-electron chi connectivity index (χ3n) is 11.4. The number of carbonyl (C=O) groups is 3. The molecule has 2 unspecified atom stereocenters. The predicted molar refractivity (Wildman–Crippen MR) is 280 cm³/mol. The molecule has 426 valence electrons. The molecule has 9 rings (SSSR count). The summed E-state index contributed by atoms with van der Waals surface area (Å²) in [6, 6.07) is 11.3. The summed E-state index contributed by atoms with van der Waals surface area (Å²) in [7, 11) is -1.77. The van der Waals surface area contributed by atoms with Crippen LogP contribution in [0.2, 0.25) is 0 Å². The highest BCUT2D eigenvalue weighted by molar-refractivity contribution is 9.11. The third-order valence-corrected chi connectivity index (χ3v) is 13.5. The number of benzene rings is 3. The van der Waals surface area contributed by atoms with Gasteiger partial charge in [-0.1, -0.05) is 55.2 Å². The fourth-order valence-corrected chi connectivity index (χ4v) is 9.58. The topological polar surface area (TPSA) is 268 Å². The van der Waals surface area contributed by atoms with Gasteiger partial charge in [0.1, 0.15) is 59.5 Å². The molecule has 1 amide bonds. The quantitative estimate of drug-likeness (QED) is 0.106. The zero-order valence-electron chi connectivity index (χ0n) is 41.7. The molecule has 19 nitrogen and oxygen atoms in total. The summed E-state index contributed by atoms with van der Waals surface area (Å²) in [4.78, 5) is 29.4. The molecule has 0 aromatic heterocycles. The Balaban J connectivity index is 0.000000226. The minimum absolute atomic E-state index is 0. The highest BCUT2D eigenvalue weighted by Gasteiger charge is 2.50.